The summed E-state index contributed by atoms with van der Waals surface area (Å²) in [5, 5.41) is 24.8. The number of nitrogens with one attached hydrogen (secondary N) is 1. The number of hydrogen-bond acceptors (Lipinski definition) is 15. The van der Waals surface area contributed by atoms with Gasteiger partial charge in [-0.15, -0.1) is 11.8 Å². The highest BCUT2D eigenvalue weighted by atomic mass is 35.5. The number of fused-ring (bicyclic) bond motifs is 2. The number of amides is 2. The fourth-order valence-corrected chi connectivity index (χ4v) is 7.44. The number of halogens is 1. The average Bonchev–Trinajstić information content (AvgIpc) is 3.57. The smallest absolute Gasteiger partial charge is 0.352 e. The SMILES string of the molecule is CC(=O)OC[C@@H](N)CCn1c(N)nc2c1ccc[n+]2CC1=C(C(=O)O)N2C(=O)[C@@H](NC(=O)/C(=N\O[C@@H](C)C(=O)O)c3nc(N)sc3Cl)C2SC1. The number of carboxylic acid groups (broad SMARTS) is 2. The molecule has 1 saturated heterocycles. The third-order valence-electron chi connectivity index (χ3n) is 7.62. The Hall–Kier alpha value is -4.99. The van der Waals surface area contributed by atoms with Gasteiger partial charge in [0.25, 0.3) is 11.8 Å². The number of aryl methyl sites for hydroxylation is 1. The summed E-state index contributed by atoms with van der Waals surface area (Å²) in [7, 11) is 0. The zero-order valence-corrected chi connectivity index (χ0v) is 28.8. The second kappa shape index (κ2) is 14.9. The summed E-state index contributed by atoms with van der Waals surface area (Å²) < 4.78 is 8.41. The number of aromatic nitrogens is 4. The van der Waals surface area contributed by atoms with E-state index >= 15 is 0 Å². The minimum absolute atomic E-state index is 0.00209. The molecule has 9 N–H and O–H groups in total. The Labute approximate surface area is 296 Å². The predicted octanol–water partition coefficient (Wildman–Crippen LogP) is -0.489. The molecule has 0 aromatic carbocycles. The maximum atomic E-state index is 13.4. The molecule has 0 spiro atoms. The summed E-state index contributed by atoms with van der Waals surface area (Å²) in [4.78, 5) is 76.2. The number of hydrogen-bond donors (Lipinski definition) is 6. The van der Waals surface area contributed by atoms with Crippen molar-refractivity contribution in [2.45, 2.75) is 56.9 Å². The first-order valence-corrected chi connectivity index (χ1v) is 17.0. The standard InChI is InChI=1S/C28H31ClN10O9S2/c1-11(25(43)44)48-36-17(16-20(29)50-28(32)34-16)22(41)33-18-23(42)39-19(26(45)46)13(10-49-24(18)39)8-37-6-3-4-15-21(37)35-27(31)38(15)7-5-14(30)9-47-12(2)40/h3-4,6,11,14,18,24,31H,5,7-10,30H2,1-2H3,(H5,32,33,34,41,43,44,45,46)/p+1/b36-17-/t11-,14-,18+,24?/m0/s1. The van der Waals surface area contributed by atoms with Gasteiger partial charge in [-0.1, -0.05) is 28.1 Å². The van der Waals surface area contributed by atoms with E-state index in [-0.39, 0.29) is 45.7 Å². The summed E-state index contributed by atoms with van der Waals surface area (Å²) in [6.45, 7) is 2.97. The normalized spacial score (nSPS) is 18.7. The number of carbonyl (C=O) groups is 5. The second-order valence-corrected chi connectivity index (χ2v) is 13.9. The predicted molar refractivity (Wildman–Crippen MR) is 180 cm³/mol. The van der Waals surface area contributed by atoms with Crippen LogP contribution < -0.4 is 27.1 Å². The van der Waals surface area contributed by atoms with E-state index < -0.39 is 59.0 Å². The van der Waals surface area contributed by atoms with Crippen molar-refractivity contribution in [3.63, 3.8) is 0 Å². The number of nitrogen functional groups attached to an aromatic ring is 2. The molecule has 50 heavy (non-hydrogen) atoms. The Morgan fingerprint density at radius 2 is 2.00 bits per heavy atom. The van der Waals surface area contributed by atoms with Crippen LogP contribution >= 0.6 is 34.7 Å². The zero-order valence-electron chi connectivity index (χ0n) is 26.4. The van der Waals surface area contributed by atoms with Gasteiger partial charge in [0.05, 0.1) is 6.20 Å². The largest absolute Gasteiger partial charge is 0.478 e. The van der Waals surface area contributed by atoms with Gasteiger partial charge in [0.2, 0.25) is 6.10 Å². The van der Waals surface area contributed by atoms with Gasteiger partial charge in [-0.25, -0.2) is 19.1 Å². The van der Waals surface area contributed by atoms with Crippen LogP contribution in [-0.2, 0) is 46.6 Å². The van der Waals surface area contributed by atoms with Crippen LogP contribution in [0.25, 0.3) is 11.2 Å². The molecule has 22 heteroatoms. The van der Waals surface area contributed by atoms with Crippen molar-refractivity contribution in [1.29, 1.82) is 0 Å². The van der Waals surface area contributed by atoms with Crippen LogP contribution in [0.2, 0.25) is 4.34 Å². The molecule has 5 heterocycles. The van der Waals surface area contributed by atoms with E-state index in [1.54, 1.807) is 27.5 Å². The summed E-state index contributed by atoms with van der Waals surface area (Å²) in [5.74, 6) is -4.41. The first-order valence-electron chi connectivity index (χ1n) is 14.8. The Bertz CT molecular complexity index is 1950. The number of β-lactam (4-membered cyclic amide) rings is 1. The maximum absolute atomic E-state index is 13.4. The van der Waals surface area contributed by atoms with Gasteiger partial charge in [0.15, 0.2) is 10.8 Å². The summed E-state index contributed by atoms with van der Waals surface area (Å²) >= 11 is 8.25. The van der Waals surface area contributed by atoms with Crippen LogP contribution in [0.15, 0.2) is 34.8 Å². The molecule has 0 saturated carbocycles. The number of pyridine rings is 1. The number of esters is 1. The number of thioether (sulfide) groups is 1. The minimum Gasteiger partial charge on any atom is -0.478 e. The molecular formula is C28H32ClN10O9S2+. The molecule has 1 fully saturated rings. The number of carboxylic acids is 2. The summed E-state index contributed by atoms with van der Waals surface area (Å²) in [6, 6.07) is 1.96. The molecule has 3 aromatic heterocycles. The highest BCUT2D eigenvalue weighted by molar-refractivity contribution is 8.00. The molecule has 4 atom stereocenters. The molecular weight excluding hydrogens is 720 g/mol. The van der Waals surface area contributed by atoms with E-state index in [4.69, 9.17) is 43.5 Å². The Kier molecular flexibility index (Phi) is 10.8. The number of nitrogens with zero attached hydrogens (tertiary/aromatic N) is 6. The van der Waals surface area contributed by atoms with Crippen molar-refractivity contribution in [3.05, 3.63) is 39.6 Å². The summed E-state index contributed by atoms with van der Waals surface area (Å²) in [5.41, 5.74) is 18.6. The van der Waals surface area contributed by atoms with E-state index in [1.165, 1.54) is 25.6 Å². The van der Waals surface area contributed by atoms with Gasteiger partial charge in [-0.2, -0.15) is 0 Å². The van der Waals surface area contributed by atoms with E-state index in [9.17, 15) is 29.1 Å². The summed E-state index contributed by atoms with van der Waals surface area (Å²) in [6.07, 6.45) is 0.709. The molecule has 2 aliphatic heterocycles. The van der Waals surface area contributed by atoms with Crippen LogP contribution in [0.5, 0.6) is 0 Å². The molecule has 0 radical (unpaired) electrons. The van der Waals surface area contributed by atoms with Crippen LogP contribution in [0.4, 0.5) is 11.1 Å². The number of ether oxygens (including phenoxy) is 1. The minimum atomic E-state index is -1.44. The highest BCUT2D eigenvalue weighted by Crippen LogP contribution is 2.40. The molecule has 5 rings (SSSR count). The Morgan fingerprint density at radius 3 is 2.64 bits per heavy atom. The van der Waals surface area contributed by atoms with Crippen LogP contribution in [0.1, 0.15) is 26.0 Å². The van der Waals surface area contributed by atoms with E-state index in [0.29, 0.717) is 29.7 Å². The zero-order chi connectivity index (χ0) is 36.4. The van der Waals surface area contributed by atoms with Gasteiger partial charge >= 0.3 is 29.5 Å². The second-order valence-electron chi connectivity index (χ2n) is 11.1. The number of rotatable bonds is 14. The van der Waals surface area contributed by atoms with Crippen molar-refractivity contribution in [2.75, 3.05) is 23.8 Å². The van der Waals surface area contributed by atoms with Gasteiger partial charge < -0.3 is 42.3 Å². The van der Waals surface area contributed by atoms with Crippen molar-refractivity contribution in [3.8, 4) is 0 Å². The number of aliphatic carboxylic acids is 2. The fraction of sp³-hybridized carbons (Fsp3) is 0.393. The average molecular weight is 752 g/mol. The lowest BCUT2D eigenvalue weighted by Crippen LogP contribution is -2.71. The monoisotopic (exact) mass is 751 g/mol. The molecule has 266 valence electrons. The van der Waals surface area contributed by atoms with Gasteiger partial charge in [-0.05, 0) is 30.5 Å². The highest BCUT2D eigenvalue weighted by Gasteiger charge is 2.54. The molecule has 2 aliphatic rings. The lowest BCUT2D eigenvalue weighted by atomic mass is 10.0. The van der Waals surface area contributed by atoms with Gasteiger partial charge in [0, 0.05) is 30.8 Å². The topological polar surface area (TPSA) is 285 Å². The Morgan fingerprint density at radius 1 is 1.26 bits per heavy atom. The van der Waals surface area contributed by atoms with Gasteiger partial charge in [-0.3, -0.25) is 23.9 Å². The molecule has 2 amide bonds. The van der Waals surface area contributed by atoms with E-state index in [2.05, 4.69) is 20.4 Å². The number of anilines is 2. The van der Waals surface area contributed by atoms with Crippen molar-refractivity contribution in [2.24, 2.45) is 10.9 Å². The number of thiazole rings is 1. The number of carbonyl (C=O) groups excluding carboxylic acids is 3. The van der Waals surface area contributed by atoms with E-state index in [0.717, 1.165) is 16.2 Å². The molecule has 0 aliphatic carbocycles. The first kappa shape index (κ1) is 36.3. The molecule has 19 nitrogen and oxygen atoms in total. The molecule has 3 aromatic rings. The quantitative estimate of drug-likeness (QED) is 0.0398. The number of nitrogens with two attached hydrogens (primary N) is 3. The fourth-order valence-electron chi connectivity index (χ4n) is 5.17. The van der Waals surface area contributed by atoms with E-state index in [1.807, 2.05) is 0 Å². The lowest BCUT2D eigenvalue weighted by molar-refractivity contribution is -0.664. The molecule has 0 bridgehead atoms. The van der Waals surface area contributed by atoms with Gasteiger partial charge in [0.1, 0.15) is 45.8 Å². The maximum Gasteiger partial charge on any atom is 0.352 e. The van der Waals surface area contributed by atoms with Crippen molar-refractivity contribution < 1.29 is 48.3 Å². The van der Waals surface area contributed by atoms with Crippen molar-refractivity contribution >= 4 is 92.4 Å². The number of imidazole rings is 1. The van der Waals surface area contributed by atoms with Crippen molar-refractivity contribution in [1.82, 2.24) is 24.8 Å². The Balaban J connectivity index is 1.35. The van der Waals surface area contributed by atoms with Crippen LogP contribution in [0.3, 0.4) is 0 Å². The number of oxime groups is 1. The van der Waals surface area contributed by atoms with Crippen LogP contribution in [-0.4, -0.2) is 101 Å². The van der Waals surface area contributed by atoms with Crippen LogP contribution in [0, 0.1) is 0 Å². The molecule has 1 unspecified atom stereocenters. The lowest BCUT2D eigenvalue weighted by Gasteiger charge is -2.49. The third kappa shape index (κ3) is 7.44. The third-order valence-corrected chi connectivity index (χ3v) is 10.0. The first-order chi connectivity index (χ1) is 23.7.